The fraction of sp³-hybridized carbons (Fsp3) is 0. The lowest BCUT2D eigenvalue weighted by Crippen LogP contribution is -2.01. The predicted molar refractivity (Wildman–Crippen MR) is 53.3 cm³/mol. The first-order valence-corrected chi connectivity index (χ1v) is 4.50. The van der Waals surface area contributed by atoms with Crippen molar-refractivity contribution in [3.05, 3.63) is 60.1 Å². The highest BCUT2D eigenvalue weighted by molar-refractivity contribution is 5.53. The minimum absolute atomic E-state index is 0.686. The Morgan fingerprint density at radius 2 is 1.79 bits per heavy atom. The highest BCUT2D eigenvalue weighted by atomic mass is 16.5. The van der Waals surface area contributed by atoms with E-state index in [4.69, 9.17) is 4.74 Å². The Balaban J connectivity index is 2.12. The van der Waals surface area contributed by atoms with Crippen molar-refractivity contribution in [3.63, 3.8) is 0 Å². The molecule has 2 heteroatoms. The molecule has 1 aromatic carbocycles. The van der Waals surface area contributed by atoms with Gasteiger partial charge in [-0.15, -0.1) is 0 Å². The second kappa shape index (κ2) is 2.84. The zero-order valence-corrected chi connectivity index (χ0v) is 7.47. The Bertz CT molecular complexity index is 392. The highest BCUT2D eigenvalue weighted by Gasteiger charge is 2.16. The van der Waals surface area contributed by atoms with Crippen LogP contribution in [0.15, 0.2) is 42.6 Å². The molecule has 0 saturated heterocycles. The molecule has 1 aliphatic heterocycles. The third kappa shape index (κ3) is 1.08. The van der Waals surface area contributed by atoms with E-state index in [1.165, 1.54) is 0 Å². The molecule has 2 heterocycles. The average Bonchev–Trinajstić information content (AvgIpc) is 2.26. The number of benzene rings is 1. The van der Waals surface area contributed by atoms with Gasteiger partial charge in [0.05, 0.1) is 0 Å². The fourth-order valence-electron chi connectivity index (χ4n) is 1.56. The van der Waals surface area contributed by atoms with E-state index in [2.05, 4.69) is 11.4 Å². The lowest BCUT2D eigenvalue weighted by Gasteiger charge is -2.17. The first kappa shape index (κ1) is 7.56. The molecule has 0 saturated carbocycles. The summed E-state index contributed by atoms with van der Waals surface area (Å²) in [7, 11) is 0. The van der Waals surface area contributed by atoms with Crippen molar-refractivity contribution >= 4 is 0 Å². The molecule has 0 N–H and O–H groups in total. The topological polar surface area (TPSA) is 22.1 Å². The number of pyridine rings is 1. The molecule has 0 bridgehead atoms. The van der Waals surface area contributed by atoms with E-state index in [0.29, 0.717) is 5.88 Å². The average molecular weight is 182 g/mol. The second-order valence-electron chi connectivity index (χ2n) is 3.18. The summed E-state index contributed by atoms with van der Waals surface area (Å²) in [5.74, 6) is 1.56. The van der Waals surface area contributed by atoms with E-state index in [-0.39, 0.29) is 0 Å². The van der Waals surface area contributed by atoms with Gasteiger partial charge in [0.15, 0.2) is 0 Å². The Hall–Kier alpha value is -1.83. The third-order valence-corrected chi connectivity index (χ3v) is 2.24. The van der Waals surface area contributed by atoms with Crippen molar-refractivity contribution in [2.24, 2.45) is 0 Å². The Morgan fingerprint density at radius 3 is 2.79 bits per heavy atom. The molecule has 0 atom stereocenters. The van der Waals surface area contributed by atoms with Crippen molar-refractivity contribution < 1.29 is 4.74 Å². The van der Waals surface area contributed by atoms with Gasteiger partial charge in [0.2, 0.25) is 5.88 Å². The normalized spacial score (nSPS) is 12.6. The fourth-order valence-corrected chi connectivity index (χ4v) is 1.56. The minimum atomic E-state index is 0.686. The van der Waals surface area contributed by atoms with Crippen LogP contribution >= 0.6 is 0 Å². The number of hydrogen-bond donors (Lipinski definition) is 0. The van der Waals surface area contributed by atoms with Crippen molar-refractivity contribution in [2.75, 3.05) is 0 Å². The molecular weight excluding hydrogens is 174 g/mol. The van der Waals surface area contributed by atoms with Crippen LogP contribution in [0, 0.1) is 6.42 Å². The number of hydrogen-bond acceptors (Lipinski definition) is 2. The molecule has 0 amide bonds. The van der Waals surface area contributed by atoms with Gasteiger partial charge < -0.3 is 4.74 Å². The molecule has 2 aromatic rings. The van der Waals surface area contributed by atoms with E-state index in [0.717, 1.165) is 16.9 Å². The number of para-hydroxylation sites is 1. The lowest BCUT2D eigenvalue weighted by molar-refractivity contribution is 0.449. The van der Waals surface area contributed by atoms with E-state index in [1.807, 2.05) is 36.4 Å². The van der Waals surface area contributed by atoms with Crippen LogP contribution in [-0.2, 0) is 0 Å². The highest BCUT2D eigenvalue weighted by Crippen LogP contribution is 2.35. The molecular formula is C12H8NO. The van der Waals surface area contributed by atoms with Crippen LogP contribution < -0.4 is 4.74 Å². The number of aromatic nitrogens is 1. The van der Waals surface area contributed by atoms with E-state index < -0.39 is 0 Å². The van der Waals surface area contributed by atoms with Gasteiger partial charge in [-0.2, -0.15) is 0 Å². The van der Waals surface area contributed by atoms with Crippen LogP contribution in [-0.4, -0.2) is 4.98 Å². The molecule has 14 heavy (non-hydrogen) atoms. The molecule has 3 rings (SSSR count). The van der Waals surface area contributed by atoms with Crippen LogP contribution in [0.2, 0.25) is 0 Å². The quantitative estimate of drug-likeness (QED) is 0.533. The molecule has 1 radical (unpaired) electrons. The second-order valence-corrected chi connectivity index (χ2v) is 3.18. The molecule has 1 aliphatic rings. The van der Waals surface area contributed by atoms with Crippen LogP contribution in [0.5, 0.6) is 11.6 Å². The van der Waals surface area contributed by atoms with Crippen LogP contribution in [0.3, 0.4) is 0 Å². The molecule has 0 fully saturated rings. The maximum Gasteiger partial charge on any atom is 0.223 e. The lowest BCUT2D eigenvalue weighted by atomic mass is 10.0. The third-order valence-electron chi connectivity index (χ3n) is 2.24. The molecule has 2 nitrogen and oxygen atoms in total. The molecule has 0 spiro atoms. The summed E-state index contributed by atoms with van der Waals surface area (Å²) >= 11 is 0. The first-order chi connectivity index (χ1) is 6.93. The van der Waals surface area contributed by atoms with Gasteiger partial charge in [0.1, 0.15) is 5.75 Å². The first-order valence-electron chi connectivity index (χ1n) is 4.50. The predicted octanol–water partition coefficient (Wildman–Crippen LogP) is 2.79. The Morgan fingerprint density at radius 1 is 0.929 bits per heavy atom. The molecule has 0 unspecified atom stereocenters. The van der Waals surface area contributed by atoms with Crippen molar-refractivity contribution in [1.29, 1.82) is 0 Å². The number of ether oxygens (including phenoxy) is 1. The van der Waals surface area contributed by atoms with Gasteiger partial charge in [-0.05, 0) is 12.1 Å². The van der Waals surface area contributed by atoms with Gasteiger partial charge in [-0.3, -0.25) is 0 Å². The van der Waals surface area contributed by atoms with Crippen LogP contribution in [0.1, 0.15) is 11.1 Å². The number of rotatable bonds is 0. The van der Waals surface area contributed by atoms with Gasteiger partial charge in [-0.1, -0.05) is 24.3 Å². The van der Waals surface area contributed by atoms with E-state index in [1.54, 1.807) is 6.20 Å². The molecule has 0 aliphatic carbocycles. The molecule has 1 aromatic heterocycles. The summed E-state index contributed by atoms with van der Waals surface area (Å²) in [4.78, 5) is 4.16. The summed E-state index contributed by atoms with van der Waals surface area (Å²) < 4.78 is 5.64. The minimum Gasteiger partial charge on any atom is -0.438 e. The smallest absolute Gasteiger partial charge is 0.223 e. The maximum absolute atomic E-state index is 5.64. The molecule has 67 valence electrons. The van der Waals surface area contributed by atoms with E-state index in [9.17, 15) is 0 Å². The zero-order valence-electron chi connectivity index (χ0n) is 7.47. The Kier molecular flexibility index (Phi) is 1.53. The van der Waals surface area contributed by atoms with Crippen molar-refractivity contribution in [2.45, 2.75) is 0 Å². The standard InChI is InChI=1S/C12H8NO/c1-2-6-11-9(4-1)8-10-5-3-7-13-12(10)14-11/h1-8H. The zero-order chi connectivity index (χ0) is 9.38. The summed E-state index contributed by atoms with van der Waals surface area (Å²) in [6.45, 7) is 0. The van der Waals surface area contributed by atoms with Crippen LogP contribution in [0.25, 0.3) is 0 Å². The van der Waals surface area contributed by atoms with Gasteiger partial charge in [-0.25, -0.2) is 4.98 Å². The summed E-state index contributed by atoms with van der Waals surface area (Å²) in [5.41, 5.74) is 2.14. The number of nitrogens with zero attached hydrogens (tertiary/aromatic N) is 1. The van der Waals surface area contributed by atoms with Gasteiger partial charge >= 0.3 is 0 Å². The van der Waals surface area contributed by atoms with Crippen molar-refractivity contribution in [1.82, 2.24) is 4.98 Å². The summed E-state index contributed by atoms with van der Waals surface area (Å²) in [6, 6.07) is 11.8. The SMILES string of the molecule is [CH]1c2ccccc2Oc2ncccc21. The van der Waals surface area contributed by atoms with Crippen molar-refractivity contribution in [3.8, 4) is 11.6 Å². The van der Waals surface area contributed by atoms with Crippen LogP contribution in [0.4, 0.5) is 0 Å². The van der Waals surface area contributed by atoms with E-state index >= 15 is 0 Å². The van der Waals surface area contributed by atoms with Gasteiger partial charge in [0.25, 0.3) is 0 Å². The monoisotopic (exact) mass is 182 g/mol. The summed E-state index contributed by atoms with van der Waals surface area (Å²) in [5, 5.41) is 0. The largest absolute Gasteiger partial charge is 0.438 e. The Labute approximate surface area is 82.2 Å². The number of fused-ring (bicyclic) bond motifs is 2. The maximum atomic E-state index is 5.64. The summed E-state index contributed by atoms with van der Waals surface area (Å²) in [6.07, 6.45) is 3.82. The van der Waals surface area contributed by atoms with Gasteiger partial charge in [0, 0.05) is 23.7 Å².